The van der Waals surface area contributed by atoms with E-state index in [2.05, 4.69) is 0 Å². The molecule has 0 aromatic heterocycles. The monoisotopic (exact) mass is 362 g/mol. The van der Waals surface area contributed by atoms with Crippen LogP contribution in [0.5, 0.6) is 5.75 Å². The molecule has 0 unspecified atom stereocenters. The Hall–Kier alpha value is -0.810. The highest BCUT2D eigenvalue weighted by atomic mass is 127. The van der Waals surface area contributed by atoms with Gasteiger partial charge in [0.2, 0.25) is 0 Å². The standard InChI is InChI=1S/C13H9ClFIO/c1-17-12-7-9(6-11(15)13(12)16)8-3-2-4-10(14)5-8/h2-7H,1H3. The van der Waals surface area contributed by atoms with Crippen molar-refractivity contribution in [2.45, 2.75) is 0 Å². The van der Waals surface area contributed by atoms with Crippen molar-refractivity contribution < 1.29 is 9.13 Å². The second kappa shape index (κ2) is 5.23. The molecule has 0 radical (unpaired) electrons. The molecule has 0 aliphatic rings. The normalized spacial score (nSPS) is 10.4. The molecule has 0 spiro atoms. The summed E-state index contributed by atoms with van der Waals surface area (Å²) in [6.45, 7) is 0. The summed E-state index contributed by atoms with van der Waals surface area (Å²) in [4.78, 5) is 0. The van der Waals surface area contributed by atoms with E-state index in [0.29, 0.717) is 14.3 Å². The Bertz CT molecular complexity index is 557. The largest absolute Gasteiger partial charge is 0.496 e. The summed E-state index contributed by atoms with van der Waals surface area (Å²) in [5.41, 5.74) is 1.62. The van der Waals surface area contributed by atoms with Gasteiger partial charge in [-0.2, -0.15) is 0 Å². The van der Waals surface area contributed by atoms with E-state index in [9.17, 15) is 4.39 Å². The molecule has 2 aromatic rings. The molecule has 0 N–H and O–H groups in total. The molecule has 0 aliphatic carbocycles. The third-order valence-corrected chi connectivity index (χ3v) is 3.65. The van der Waals surface area contributed by atoms with Crippen LogP contribution in [0.4, 0.5) is 4.39 Å². The molecule has 1 nitrogen and oxygen atoms in total. The summed E-state index contributed by atoms with van der Waals surface area (Å²) in [5, 5.41) is 0.625. The van der Waals surface area contributed by atoms with Gasteiger partial charge in [0.05, 0.1) is 10.7 Å². The predicted octanol–water partition coefficient (Wildman–Crippen LogP) is 4.76. The molecule has 2 aromatic carbocycles. The first-order valence-electron chi connectivity index (χ1n) is 4.91. The van der Waals surface area contributed by atoms with Crippen molar-refractivity contribution >= 4 is 34.2 Å². The van der Waals surface area contributed by atoms with Crippen molar-refractivity contribution in [3.05, 3.63) is 50.8 Å². The molecular weight excluding hydrogens is 353 g/mol. The topological polar surface area (TPSA) is 9.23 Å². The van der Waals surface area contributed by atoms with Gasteiger partial charge in [-0.15, -0.1) is 0 Å². The lowest BCUT2D eigenvalue weighted by atomic mass is 10.1. The summed E-state index contributed by atoms with van der Waals surface area (Å²) >= 11 is 7.83. The minimum absolute atomic E-state index is 0.292. The third-order valence-electron chi connectivity index (χ3n) is 2.37. The van der Waals surface area contributed by atoms with Crippen LogP contribution in [0.15, 0.2) is 36.4 Å². The fourth-order valence-electron chi connectivity index (χ4n) is 1.55. The quantitative estimate of drug-likeness (QED) is 0.700. The fourth-order valence-corrected chi connectivity index (χ4v) is 2.27. The summed E-state index contributed by atoms with van der Waals surface area (Å²) in [6, 6.07) is 10.6. The molecule has 0 fully saturated rings. The molecule has 0 saturated carbocycles. The minimum atomic E-state index is -0.292. The van der Waals surface area contributed by atoms with Crippen LogP contribution in [0.1, 0.15) is 0 Å². The molecule has 0 bridgehead atoms. The SMILES string of the molecule is COc1cc(-c2cccc(Cl)c2)cc(F)c1I. The molecule has 4 heteroatoms. The van der Waals surface area contributed by atoms with Gasteiger partial charge >= 0.3 is 0 Å². The van der Waals surface area contributed by atoms with Gasteiger partial charge in [-0.1, -0.05) is 23.7 Å². The minimum Gasteiger partial charge on any atom is -0.496 e. The van der Waals surface area contributed by atoms with Crippen molar-refractivity contribution in [3.63, 3.8) is 0 Å². The van der Waals surface area contributed by atoms with E-state index in [4.69, 9.17) is 16.3 Å². The van der Waals surface area contributed by atoms with Crippen LogP contribution in [-0.2, 0) is 0 Å². The highest BCUT2D eigenvalue weighted by molar-refractivity contribution is 14.1. The summed E-state index contributed by atoms with van der Waals surface area (Å²) in [6.07, 6.45) is 0. The molecule has 0 heterocycles. The Labute approximate surface area is 118 Å². The van der Waals surface area contributed by atoms with Crippen LogP contribution < -0.4 is 4.74 Å². The number of hydrogen-bond acceptors (Lipinski definition) is 1. The Morgan fingerprint density at radius 3 is 2.59 bits per heavy atom. The number of benzene rings is 2. The number of hydrogen-bond donors (Lipinski definition) is 0. The Morgan fingerprint density at radius 2 is 1.94 bits per heavy atom. The van der Waals surface area contributed by atoms with E-state index in [1.165, 1.54) is 13.2 Å². The van der Waals surface area contributed by atoms with Gasteiger partial charge in [0.15, 0.2) is 0 Å². The number of methoxy groups -OCH3 is 1. The van der Waals surface area contributed by atoms with E-state index < -0.39 is 0 Å². The second-order valence-electron chi connectivity index (χ2n) is 3.48. The zero-order valence-electron chi connectivity index (χ0n) is 9.01. The van der Waals surface area contributed by atoms with Gasteiger partial charge in [0.25, 0.3) is 0 Å². The molecule has 0 atom stereocenters. The van der Waals surface area contributed by atoms with Crippen molar-refractivity contribution in [1.29, 1.82) is 0 Å². The summed E-state index contributed by atoms with van der Waals surface area (Å²) in [5.74, 6) is 0.237. The molecule has 17 heavy (non-hydrogen) atoms. The highest BCUT2D eigenvalue weighted by Crippen LogP contribution is 2.31. The van der Waals surface area contributed by atoms with Crippen LogP contribution in [0.25, 0.3) is 11.1 Å². The average Bonchev–Trinajstić information content (AvgIpc) is 2.32. The smallest absolute Gasteiger partial charge is 0.140 e. The maximum Gasteiger partial charge on any atom is 0.140 e. The van der Waals surface area contributed by atoms with E-state index >= 15 is 0 Å². The lowest BCUT2D eigenvalue weighted by molar-refractivity contribution is 0.407. The summed E-state index contributed by atoms with van der Waals surface area (Å²) in [7, 11) is 1.53. The highest BCUT2D eigenvalue weighted by Gasteiger charge is 2.10. The first kappa shape index (κ1) is 12.6. The molecule has 0 amide bonds. The molecule has 2 rings (SSSR count). The van der Waals surface area contributed by atoms with Crippen LogP contribution in [0.3, 0.4) is 0 Å². The van der Waals surface area contributed by atoms with E-state index in [1.54, 1.807) is 18.2 Å². The lowest BCUT2D eigenvalue weighted by Gasteiger charge is -2.08. The predicted molar refractivity (Wildman–Crippen MR) is 76.1 cm³/mol. The zero-order chi connectivity index (χ0) is 12.4. The number of rotatable bonds is 2. The zero-order valence-corrected chi connectivity index (χ0v) is 11.9. The second-order valence-corrected chi connectivity index (χ2v) is 5.00. The van der Waals surface area contributed by atoms with E-state index in [0.717, 1.165) is 11.1 Å². The maximum atomic E-state index is 13.7. The Balaban J connectivity index is 2.56. The van der Waals surface area contributed by atoms with Gasteiger partial charge in [-0.3, -0.25) is 0 Å². The van der Waals surface area contributed by atoms with Gasteiger partial charge in [-0.25, -0.2) is 4.39 Å². The Morgan fingerprint density at radius 1 is 1.18 bits per heavy atom. The van der Waals surface area contributed by atoms with Crippen LogP contribution >= 0.6 is 34.2 Å². The van der Waals surface area contributed by atoms with Crippen molar-refractivity contribution in [2.24, 2.45) is 0 Å². The molecule has 0 saturated heterocycles. The number of halogens is 3. The van der Waals surface area contributed by atoms with Crippen molar-refractivity contribution in [1.82, 2.24) is 0 Å². The summed E-state index contributed by atoms with van der Waals surface area (Å²) < 4.78 is 19.3. The van der Waals surface area contributed by atoms with Crippen LogP contribution in [-0.4, -0.2) is 7.11 Å². The number of ether oxygens (including phenoxy) is 1. The molecule has 0 aliphatic heterocycles. The van der Waals surface area contributed by atoms with Gasteiger partial charge in [0.1, 0.15) is 11.6 Å². The van der Waals surface area contributed by atoms with E-state index in [1.807, 2.05) is 34.7 Å². The molecule has 88 valence electrons. The maximum absolute atomic E-state index is 13.7. The Kier molecular flexibility index (Phi) is 3.89. The van der Waals surface area contributed by atoms with Gasteiger partial charge in [0, 0.05) is 5.02 Å². The average molecular weight is 363 g/mol. The van der Waals surface area contributed by atoms with Crippen molar-refractivity contribution in [2.75, 3.05) is 7.11 Å². The third kappa shape index (κ3) is 2.72. The van der Waals surface area contributed by atoms with Gasteiger partial charge < -0.3 is 4.74 Å². The van der Waals surface area contributed by atoms with Crippen molar-refractivity contribution in [3.8, 4) is 16.9 Å². The van der Waals surface area contributed by atoms with E-state index in [-0.39, 0.29) is 5.82 Å². The fraction of sp³-hybridized carbons (Fsp3) is 0.0769. The van der Waals surface area contributed by atoms with Gasteiger partial charge in [-0.05, 0) is 58.0 Å². The van der Waals surface area contributed by atoms with Crippen LogP contribution in [0, 0.1) is 9.39 Å². The first-order chi connectivity index (χ1) is 8.11. The lowest BCUT2D eigenvalue weighted by Crippen LogP contribution is -1.92. The van der Waals surface area contributed by atoms with Crippen LogP contribution in [0.2, 0.25) is 5.02 Å². The first-order valence-corrected chi connectivity index (χ1v) is 6.36. The molecular formula is C13H9ClFIO.